The Balaban J connectivity index is 2.78. The van der Waals surface area contributed by atoms with Gasteiger partial charge in [0.1, 0.15) is 6.04 Å². The van der Waals surface area contributed by atoms with E-state index in [1.807, 2.05) is 13.8 Å². The number of rotatable bonds is 6. The molecular formula is C13H18N2O4. The second kappa shape index (κ2) is 6.29. The van der Waals surface area contributed by atoms with E-state index in [1.54, 1.807) is 13.0 Å². The van der Waals surface area contributed by atoms with Gasteiger partial charge in [-0.05, 0) is 24.0 Å². The lowest BCUT2D eigenvalue weighted by Crippen LogP contribution is -2.40. The number of carboxylic acid groups (broad SMARTS) is 1. The van der Waals surface area contributed by atoms with Gasteiger partial charge in [0, 0.05) is 18.7 Å². The van der Waals surface area contributed by atoms with Crippen LogP contribution in [0.15, 0.2) is 18.2 Å². The largest absolute Gasteiger partial charge is 0.480 e. The molecule has 0 aliphatic rings. The summed E-state index contributed by atoms with van der Waals surface area (Å²) in [5.74, 6) is -0.926. The average Bonchev–Trinajstić information content (AvgIpc) is 2.29. The number of aliphatic carboxylic acids is 1. The topological polar surface area (TPSA) is 92.5 Å². The number of nitro benzene ring substituents is 1. The molecule has 1 aromatic carbocycles. The Bertz CT molecular complexity index is 486. The third-order valence-corrected chi connectivity index (χ3v) is 2.98. The maximum atomic E-state index is 11.0. The Morgan fingerprint density at radius 3 is 2.53 bits per heavy atom. The van der Waals surface area contributed by atoms with Crippen molar-refractivity contribution in [1.82, 2.24) is 5.32 Å². The second-order valence-corrected chi connectivity index (χ2v) is 4.81. The number of benzene rings is 1. The fraction of sp³-hybridized carbons (Fsp3) is 0.462. The summed E-state index contributed by atoms with van der Waals surface area (Å²) in [6, 6.07) is 3.94. The number of aryl methyl sites for hydroxylation is 1. The number of nitro groups is 1. The molecule has 0 saturated carbocycles. The fourth-order valence-corrected chi connectivity index (χ4v) is 1.82. The van der Waals surface area contributed by atoms with Gasteiger partial charge in [-0.1, -0.05) is 19.9 Å². The standard InChI is InChI=1S/C13H18N2O4/c1-8(2)12(13(16)17)14-7-10-4-5-11(15(18)19)6-9(10)3/h4-6,8,12,14H,7H2,1-3H3,(H,16,17)/t12-/m0/s1. The molecule has 1 rings (SSSR count). The van der Waals surface area contributed by atoms with Crippen molar-refractivity contribution < 1.29 is 14.8 Å². The zero-order valence-electron chi connectivity index (χ0n) is 11.2. The maximum Gasteiger partial charge on any atom is 0.320 e. The molecule has 104 valence electrons. The van der Waals surface area contributed by atoms with Crippen LogP contribution in [0.5, 0.6) is 0 Å². The molecule has 0 saturated heterocycles. The molecule has 0 bridgehead atoms. The second-order valence-electron chi connectivity index (χ2n) is 4.81. The zero-order chi connectivity index (χ0) is 14.6. The van der Waals surface area contributed by atoms with Gasteiger partial charge in [-0.3, -0.25) is 14.9 Å². The predicted octanol–water partition coefficient (Wildman–Crippen LogP) is 2.10. The number of nitrogens with one attached hydrogen (secondary N) is 1. The molecule has 2 N–H and O–H groups in total. The molecule has 0 radical (unpaired) electrons. The van der Waals surface area contributed by atoms with E-state index >= 15 is 0 Å². The van der Waals surface area contributed by atoms with Crippen LogP contribution in [-0.4, -0.2) is 22.0 Å². The molecule has 0 aliphatic heterocycles. The summed E-state index contributed by atoms with van der Waals surface area (Å²) in [6.07, 6.45) is 0. The van der Waals surface area contributed by atoms with Gasteiger partial charge in [0.05, 0.1) is 4.92 Å². The van der Waals surface area contributed by atoms with E-state index < -0.39 is 16.9 Å². The minimum atomic E-state index is -0.894. The summed E-state index contributed by atoms with van der Waals surface area (Å²) >= 11 is 0. The minimum Gasteiger partial charge on any atom is -0.480 e. The molecule has 0 aromatic heterocycles. The highest BCUT2D eigenvalue weighted by Gasteiger charge is 2.20. The monoisotopic (exact) mass is 266 g/mol. The third-order valence-electron chi connectivity index (χ3n) is 2.98. The summed E-state index contributed by atoms with van der Waals surface area (Å²) in [5, 5.41) is 22.6. The SMILES string of the molecule is Cc1cc([N+](=O)[O-])ccc1CN[C@H](C(=O)O)C(C)C. The summed E-state index contributed by atoms with van der Waals surface area (Å²) in [7, 11) is 0. The van der Waals surface area contributed by atoms with E-state index in [-0.39, 0.29) is 11.6 Å². The number of carbonyl (C=O) groups is 1. The lowest BCUT2D eigenvalue weighted by Gasteiger charge is -2.18. The summed E-state index contributed by atoms with van der Waals surface area (Å²) in [4.78, 5) is 21.2. The fourth-order valence-electron chi connectivity index (χ4n) is 1.82. The van der Waals surface area contributed by atoms with Crippen LogP contribution in [0.1, 0.15) is 25.0 Å². The Morgan fingerprint density at radius 1 is 1.47 bits per heavy atom. The number of hydrogen-bond acceptors (Lipinski definition) is 4. The lowest BCUT2D eigenvalue weighted by atomic mass is 10.0. The number of non-ortho nitro benzene ring substituents is 1. The first-order chi connectivity index (χ1) is 8.82. The van der Waals surface area contributed by atoms with Crippen molar-refractivity contribution in [3.8, 4) is 0 Å². The third kappa shape index (κ3) is 4.03. The van der Waals surface area contributed by atoms with E-state index in [0.29, 0.717) is 6.54 Å². The molecule has 0 unspecified atom stereocenters. The first kappa shape index (κ1) is 15.1. The van der Waals surface area contributed by atoms with E-state index in [9.17, 15) is 14.9 Å². The van der Waals surface area contributed by atoms with Crippen molar-refractivity contribution in [2.24, 2.45) is 5.92 Å². The van der Waals surface area contributed by atoms with Crippen molar-refractivity contribution in [2.45, 2.75) is 33.4 Å². The molecule has 1 aromatic rings. The van der Waals surface area contributed by atoms with Gasteiger partial charge < -0.3 is 10.4 Å². The summed E-state index contributed by atoms with van der Waals surface area (Å²) < 4.78 is 0. The van der Waals surface area contributed by atoms with Crippen LogP contribution in [0.3, 0.4) is 0 Å². The van der Waals surface area contributed by atoms with Gasteiger partial charge in [-0.25, -0.2) is 0 Å². The highest BCUT2D eigenvalue weighted by molar-refractivity contribution is 5.73. The number of nitrogens with zero attached hydrogens (tertiary/aromatic N) is 1. The highest BCUT2D eigenvalue weighted by Crippen LogP contribution is 2.17. The van der Waals surface area contributed by atoms with Crippen LogP contribution in [0.25, 0.3) is 0 Å². The van der Waals surface area contributed by atoms with E-state index in [2.05, 4.69) is 5.32 Å². The van der Waals surface area contributed by atoms with Gasteiger partial charge in [0.25, 0.3) is 5.69 Å². The van der Waals surface area contributed by atoms with Crippen molar-refractivity contribution in [3.05, 3.63) is 39.4 Å². The van der Waals surface area contributed by atoms with Crippen LogP contribution in [-0.2, 0) is 11.3 Å². The Hall–Kier alpha value is -1.95. The van der Waals surface area contributed by atoms with Gasteiger partial charge >= 0.3 is 5.97 Å². The summed E-state index contributed by atoms with van der Waals surface area (Å²) in [5.41, 5.74) is 1.67. The highest BCUT2D eigenvalue weighted by atomic mass is 16.6. The van der Waals surface area contributed by atoms with Crippen LogP contribution < -0.4 is 5.32 Å². The average molecular weight is 266 g/mol. The van der Waals surface area contributed by atoms with Gasteiger partial charge in [0.15, 0.2) is 0 Å². The van der Waals surface area contributed by atoms with Crippen LogP contribution in [0.4, 0.5) is 5.69 Å². The predicted molar refractivity (Wildman–Crippen MR) is 70.9 cm³/mol. The van der Waals surface area contributed by atoms with Gasteiger partial charge in [-0.2, -0.15) is 0 Å². The first-order valence-corrected chi connectivity index (χ1v) is 6.03. The number of hydrogen-bond donors (Lipinski definition) is 2. The quantitative estimate of drug-likeness (QED) is 0.607. The molecule has 19 heavy (non-hydrogen) atoms. The first-order valence-electron chi connectivity index (χ1n) is 6.03. The summed E-state index contributed by atoms with van der Waals surface area (Å²) in [6.45, 7) is 5.80. The van der Waals surface area contributed by atoms with E-state index in [4.69, 9.17) is 5.11 Å². The zero-order valence-corrected chi connectivity index (χ0v) is 11.2. The molecule has 1 atom stereocenters. The Kier molecular flexibility index (Phi) is 5.00. The molecule has 0 fully saturated rings. The molecule has 0 heterocycles. The minimum absolute atomic E-state index is 0.0316. The van der Waals surface area contributed by atoms with Crippen LogP contribution in [0, 0.1) is 23.0 Å². The van der Waals surface area contributed by atoms with E-state index in [1.165, 1.54) is 12.1 Å². The lowest BCUT2D eigenvalue weighted by molar-refractivity contribution is -0.384. The maximum absolute atomic E-state index is 11.0. The Morgan fingerprint density at radius 2 is 2.11 bits per heavy atom. The van der Waals surface area contributed by atoms with Crippen molar-refractivity contribution >= 4 is 11.7 Å². The number of carboxylic acids is 1. The molecule has 6 nitrogen and oxygen atoms in total. The Labute approximate surface area is 111 Å². The van der Waals surface area contributed by atoms with Crippen LogP contribution >= 0.6 is 0 Å². The molecule has 0 spiro atoms. The smallest absolute Gasteiger partial charge is 0.320 e. The van der Waals surface area contributed by atoms with Gasteiger partial charge in [0.2, 0.25) is 0 Å². The van der Waals surface area contributed by atoms with Crippen molar-refractivity contribution in [1.29, 1.82) is 0 Å². The molecular weight excluding hydrogens is 248 g/mol. The molecule has 0 aliphatic carbocycles. The van der Waals surface area contributed by atoms with Gasteiger partial charge in [-0.15, -0.1) is 0 Å². The van der Waals surface area contributed by atoms with E-state index in [0.717, 1.165) is 11.1 Å². The van der Waals surface area contributed by atoms with Crippen molar-refractivity contribution in [2.75, 3.05) is 0 Å². The normalized spacial score (nSPS) is 12.4. The molecule has 0 amide bonds. The van der Waals surface area contributed by atoms with Crippen LogP contribution in [0.2, 0.25) is 0 Å². The molecule has 6 heteroatoms. The van der Waals surface area contributed by atoms with Crippen molar-refractivity contribution in [3.63, 3.8) is 0 Å².